The highest BCUT2D eigenvalue weighted by atomic mass is 35.5. The smallest absolute Gasteiger partial charge is 0.345 e. The summed E-state index contributed by atoms with van der Waals surface area (Å²) < 4.78 is 16.6. The Bertz CT molecular complexity index is 884. The van der Waals surface area contributed by atoms with Crippen molar-refractivity contribution in [3.8, 4) is 11.5 Å². The topological polar surface area (TPSA) is 61.8 Å². The lowest BCUT2D eigenvalue weighted by Gasteiger charge is -2.25. The second kappa shape index (κ2) is 8.93. The number of halogens is 1. The van der Waals surface area contributed by atoms with Crippen LogP contribution in [0.4, 0.5) is 0 Å². The van der Waals surface area contributed by atoms with E-state index < -0.39 is 5.97 Å². The molecule has 0 saturated heterocycles. The third-order valence-electron chi connectivity index (χ3n) is 4.41. The monoisotopic (exact) mass is 400 g/mol. The third kappa shape index (κ3) is 4.37. The molecule has 1 heterocycles. The molecule has 146 valence electrons. The molecule has 5 nitrogen and oxygen atoms in total. The molecular formula is C22H21ClO5. The second-order valence-corrected chi connectivity index (χ2v) is 6.72. The highest BCUT2D eigenvalue weighted by Gasteiger charge is 2.35. The molecule has 28 heavy (non-hydrogen) atoms. The van der Waals surface area contributed by atoms with E-state index in [1.807, 2.05) is 6.92 Å². The quantitative estimate of drug-likeness (QED) is 0.502. The zero-order valence-corrected chi connectivity index (χ0v) is 16.5. The molecule has 0 bridgehead atoms. The van der Waals surface area contributed by atoms with Gasteiger partial charge in [0, 0.05) is 10.6 Å². The van der Waals surface area contributed by atoms with Gasteiger partial charge in [-0.15, -0.1) is 0 Å². The molecule has 0 radical (unpaired) electrons. The molecule has 1 unspecified atom stereocenters. The molecule has 0 N–H and O–H groups in total. The molecule has 0 aromatic heterocycles. The Kier molecular flexibility index (Phi) is 6.37. The van der Waals surface area contributed by atoms with Crippen LogP contribution in [0, 0.1) is 5.92 Å². The van der Waals surface area contributed by atoms with Crippen molar-refractivity contribution in [3.63, 3.8) is 0 Å². The van der Waals surface area contributed by atoms with E-state index in [0.29, 0.717) is 28.5 Å². The van der Waals surface area contributed by atoms with Crippen LogP contribution in [0.1, 0.15) is 25.8 Å². The Morgan fingerprint density at radius 1 is 1.07 bits per heavy atom. The van der Waals surface area contributed by atoms with Gasteiger partial charge in [0.15, 0.2) is 5.78 Å². The maximum atomic E-state index is 12.7. The lowest BCUT2D eigenvalue weighted by Crippen LogP contribution is -2.31. The maximum absolute atomic E-state index is 12.7. The van der Waals surface area contributed by atoms with Crippen molar-refractivity contribution in [1.29, 1.82) is 0 Å². The Hall–Kier alpha value is -2.79. The lowest BCUT2D eigenvalue weighted by atomic mass is 9.91. The summed E-state index contributed by atoms with van der Waals surface area (Å²) in [5.74, 6) is 0.295. The van der Waals surface area contributed by atoms with Gasteiger partial charge >= 0.3 is 5.97 Å². The first-order valence-electron chi connectivity index (χ1n) is 9.15. The van der Waals surface area contributed by atoms with Crippen LogP contribution in [0.3, 0.4) is 0 Å². The summed E-state index contributed by atoms with van der Waals surface area (Å²) >= 11 is 5.88. The van der Waals surface area contributed by atoms with Gasteiger partial charge in [-0.05, 0) is 61.9 Å². The number of carbonyl (C=O) groups is 2. The SMILES string of the molecule is CCOC(=O)C1=C(c2ccc(Oc3ccc(Cl)cc3)cc2)OCC(CC)C1=O. The number of hydrogen-bond donors (Lipinski definition) is 0. The zero-order chi connectivity index (χ0) is 20.1. The molecule has 0 saturated carbocycles. The van der Waals surface area contributed by atoms with Crippen LogP contribution in [0.25, 0.3) is 5.76 Å². The van der Waals surface area contributed by atoms with Crippen molar-refractivity contribution in [1.82, 2.24) is 0 Å². The molecule has 0 amide bonds. The summed E-state index contributed by atoms with van der Waals surface area (Å²) in [6.07, 6.45) is 0.600. The minimum absolute atomic E-state index is 0.0219. The third-order valence-corrected chi connectivity index (χ3v) is 4.66. The molecule has 3 rings (SSSR count). The fourth-order valence-corrected chi connectivity index (χ4v) is 3.01. The molecule has 2 aromatic carbocycles. The number of rotatable bonds is 6. The summed E-state index contributed by atoms with van der Waals surface area (Å²) in [6.45, 7) is 4.03. The first kappa shape index (κ1) is 20.0. The Morgan fingerprint density at radius 3 is 2.25 bits per heavy atom. The largest absolute Gasteiger partial charge is 0.491 e. The molecule has 2 aromatic rings. The van der Waals surface area contributed by atoms with Crippen molar-refractivity contribution >= 4 is 29.1 Å². The van der Waals surface area contributed by atoms with Crippen LogP contribution in [0.2, 0.25) is 5.02 Å². The van der Waals surface area contributed by atoms with Crippen molar-refractivity contribution in [2.24, 2.45) is 5.92 Å². The van der Waals surface area contributed by atoms with Gasteiger partial charge < -0.3 is 14.2 Å². The summed E-state index contributed by atoms with van der Waals surface area (Å²) in [5.41, 5.74) is 0.598. The van der Waals surface area contributed by atoms with Crippen LogP contribution in [-0.4, -0.2) is 25.0 Å². The average molecular weight is 401 g/mol. The molecule has 0 spiro atoms. The number of hydrogen-bond acceptors (Lipinski definition) is 5. The van der Waals surface area contributed by atoms with E-state index >= 15 is 0 Å². The van der Waals surface area contributed by atoms with E-state index in [4.69, 9.17) is 25.8 Å². The van der Waals surface area contributed by atoms with Gasteiger partial charge in [0.2, 0.25) is 0 Å². The summed E-state index contributed by atoms with van der Waals surface area (Å²) in [7, 11) is 0. The standard InChI is InChI=1S/C22H21ClO5/c1-3-14-13-27-21(19(20(14)24)22(25)26-4-2)15-5-9-17(10-6-15)28-18-11-7-16(23)8-12-18/h5-12,14H,3-4,13H2,1-2H3. The van der Waals surface area contributed by atoms with E-state index in [0.717, 1.165) is 0 Å². The minimum atomic E-state index is -0.651. The fourth-order valence-electron chi connectivity index (χ4n) is 2.89. The summed E-state index contributed by atoms with van der Waals surface area (Å²) in [6, 6.07) is 14.0. The predicted molar refractivity (Wildman–Crippen MR) is 106 cm³/mol. The first-order valence-corrected chi connectivity index (χ1v) is 9.53. The minimum Gasteiger partial charge on any atom is -0.491 e. The predicted octanol–water partition coefficient (Wildman–Crippen LogP) is 5.03. The van der Waals surface area contributed by atoms with Gasteiger partial charge in [0.1, 0.15) is 22.8 Å². The van der Waals surface area contributed by atoms with Crippen LogP contribution < -0.4 is 4.74 Å². The van der Waals surface area contributed by atoms with E-state index in [1.54, 1.807) is 55.5 Å². The molecule has 0 fully saturated rings. The molecular weight excluding hydrogens is 380 g/mol. The number of ketones is 1. The molecule has 1 atom stereocenters. The Morgan fingerprint density at radius 2 is 1.68 bits per heavy atom. The van der Waals surface area contributed by atoms with Gasteiger partial charge in [-0.1, -0.05) is 18.5 Å². The average Bonchev–Trinajstić information content (AvgIpc) is 2.70. The number of benzene rings is 2. The normalized spacial score (nSPS) is 16.5. The van der Waals surface area contributed by atoms with Crippen LogP contribution in [0.5, 0.6) is 11.5 Å². The van der Waals surface area contributed by atoms with Crippen LogP contribution >= 0.6 is 11.6 Å². The maximum Gasteiger partial charge on any atom is 0.345 e. The second-order valence-electron chi connectivity index (χ2n) is 6.29. The number of Topliss-reactive ketones (excluding diaryl/α,β-unsaturated/α-hetero) is 1. The summed E-state index contributed by atoms with van der Waals surface area (Å²) in [5, 5.41) is 0.630. The Balaban J connectivity index is 1.88. The van der Waals surface area contributed by atoms with E-state index in [1.165, 1.54) is 0 Å². The highest BCUT2D eigenvalue weighted by molar-refractivity contribution is 6.30. The lowest BCUT2D eigenvalue weighted by molar-refractivity contribution is -0.141. The van der Waals surface area contributed by atoms with Gasteiger partial charge in [-0.25, -0.2) is 4.79 Å². The van der Waals surface area contributed by atoms with Gasteiger partial charge in [0.25, 0.3) is 0 Å². The highest BCUT2D eigenvalue weighted by Crippen LogP contribution is 2.32. The van der Waals surface area contributed by atoms with Crippen LogP contribution in [-0.2, 0) is 19.1 Å². The van der Waals surface area contributed by atoms with Crippen molar-refractivity contribution in [2.45, 2.75) is 20.3 Å². The van der Waals surface area contributed by atoms with E-state index in [9.17, 15) is 9.59 Å². The molecule has 0 aliphatic carbocycles. The summed E-state index contributed by atoms with van der Waals surface area (Å²) in [4.78, 5) is 25.1. The Labute approximate surface area is 168 Å². The zero-order valence-electron chi connectivity index (χ0n) is 15.7. The van der Waals surface area contributed by atoms with Gasteiger partial charge in [-0.3, -0.25) is 4.79 Å². The van der Waals surface area contributed by atoms with E-state index in [2.05, 4.69) is 0 Å². The van der Waals surface area contributed by atoms with Gasteiger partial charge in [0.05, 0.1) is 19.1 Å². The molecule has 1 aliphatic rings. The van der Waals surface area contributed by atoms with Crippen molar-refractivity contribution in [2.75, 3.05) is 13.2 Å². The molecule has 1 aliphatic heterocycles. The van der Waals surface area contributed by atoms with E-state index in [-0.39, 0.29) is 36.2 Å². The van der Waals surface area contributed by atoms with Crippen molar-refractivity contribution < 1.29 is 23.8 Å². The van der Waals surface area contributed by atoms with Crippen molar-refractivity contribution in [3.05, 3.63) is 64.7 Å². The van der Waals surface area contributed by atoms with Crippen LogP contribution in [0.15, 0.2) is 54.1 Å². The first-order chi connectivity index (χ1) is 13.5. The fraction of sp³-hybridized carbons (Fsp3) is 0.273. The number of esters is 1. The van der Waals surface area contributed by atoms with Gasteiger partial charge in [-0.2, -0.15) is 0 Å². The number of ether oxygens (including phenoxy) is 3. The molecule has 6 heteroatoms. The number of carbonyl (C=O) groups excluding carboxylic acids is 2.